The summed E-state index contributed by atoms with van der Waals surface area (Å²) in [5.74, 6) is 1.52. The number of hydrogen-bond donors (Lipinski definition) is 2. The average molecular weight is 270 g/mol. The number of para-hydroxylation sites is 1. The second-order valence-corrected chi connectivity index (χ2v) is 5.56. The van der Waals surface area contributed by atoms with Crippen LogP contribution < -0.4 is 10.6 Å². The topological polar surface area (TPSA) is 80.1 Å². The molecular weight excluding hydrogens is 256 g/mol. The molecule has 6 heteroatoms. The second kappa shape index (κ2) is 4.06. The van der Waals surface area contributed by atoms with Crippen LogP contribution in [-0.2, 0) is 4.79 Å². The van der Waals surface area contributed by atoms with Gasteiger partial charge in [0, 0.05) is 18.0 Å². The van der Waals surface area contributed by atoms with E-state index in [1.54, 1.807) is 0 Å². The van der Waals surface area contributed by atoms with Crippen LogP contribution in [0.25, 0.3) is 0 Å². The van der Waals surface area contributed by atoms with Crippen LogP contribution in [0.15, 0.2) is 34.9 Å². The van der Waals surface area contributed by atoms with Gasteiger partial charge < -0.3 is 15.2 Å². The SMILES string of the molecule is O=C1CC2(CC(c3nc(Nc4ccccc4)no3)C2)N1. The molecule has 2 N–H and O–H groups in total. The Kier molecular flexibility index (Phi) is 2.33. The van der Waals surface area contributed by atoms with Gasteiger partial charge in [0.25, 0.3) is 5.95 Å². The summed E-state index contributed by atoms with van der Waals surface area (Å²) in [6.45, 7) is 0. The van der Waals surface area contributed by atoms with Crippen LogP contribution in [0, 0.1) is 0 Å². The van der Waals surface area contributed by atoms with Crippen molar-refractivity contribution in [2.45, 2.75) is 30.7 Å². The van der Waals surface area contributed by atoms with Crippen molar-refractivity contribution in [1.82, 2.24) is 15.5 Å². The number of aromatic nitrogens is 2. The Morgan fingerprint density at radius 2 is 2.05 bits per heavy atom. The fraction of sp³-hybridized carbons (Fsp3) is 0.357. The molecule has 1 aliphatic heterocycles. The van der Waals surface area contributed by atoms with Crippen molar-refractivity contribution in [1.29, 1.82) is 0 Å². The Labute approximate surface area is 115 Å². The minimum absolute atomic E-state index is 0.0171. The van der Waals surface area contributed by atoms with E-state index in [-0.39, 0.29) is 17.4 Å². The molecule has 1 saturated heterocycles. The normalized spacial score (nSPS) is 27.6. The van der Waals surface area contributed by atoms with Gasteiger partial charge in [-0.1, -0.05) is 18.2 Å². The molecule has 0 bridgehead atoms. The number of nitrogens with one attached hydrogen (secondary N) is 2. The highest BCUT2D eigenvalue weighted by Gasteiger charge is 2.54. The Balaban J connectivity index is 1.41. The van der Waals surface area contributed by atoms with Gasteiger partial charge in [-0.2, -0.15) is 4.98 Å². The monoisotopic (exact) mass is 270 g/mol. The molecule has 6 nitrogen and oxygen atoms in total. The summed E-state index contributed by atoms with van der Waals surface area (Å²) in [5.41, 5.74) is 0.944. The molecule has 4 rings (SSSR count). The van der Waals surface area contributed by atoms with Crippen LogP contribution in [0.4, 0.5) is 11.6 Å². The highest BCUT2D eigenvalue weighted by atomic mass is 16.5. The Morgan fingerprint density at radius 1 is 1.30 bits per heavy atom. The van der Waals surface area contributed by atoms with Crippen molar-refractivity contribution in [3.63, 3.8) is 0 Å². The maximum absolute atomic E-state index is 11.0. The number of benzene rings is 1. The van der Waals surface area contributed by atoms with E-state index in [9.17, 15) is 4.79 Å². The van der Waals surface area contributed by atoms with Gasteiger partial charge in [-0.05, 0) is 30.1 Å². The van der Waals surface area contributed by atoms with Crippen LogP contribution in [-0.4, -0.2) is 21.6 Å². The van der Waals surface area contributed by atoms with Gasteiger partial charge in [-0.3, -0.25) is 4.79 Å². The molecule has 2 aliphatic rings. The van der Waals surface area contributed by atoms with Crippen LogP contribution in [0.2, 0.25) is 0 Å². The first kappa shape index (κ1) is 11.5. The lowest BCUT2D eigenvalue weighted by Gasteiger charge is -2.52. The van der Waals surface area contributed by atoms with E-state index in [0.29, 0.717) is 18.3 Å². The molecule has 1 aliphatic carbocycles. The van der Waals surface area contributed by atoms with E-state index < -0.39 is 0 Å². The minimum atomic E-state index is 0.0171. The zero-order chi connectivity index (χ0) is 13.6. The average Bonchev–Trinajstić information content (AvgIpc) is 2.81. The molecule has 1 aromatic carbocycles. The second-order valence-electron chi connectivity index (χ2n) is 5.56. The number of hydrogen-bond acceptors (Lipinski definition) is 5. The maximum Gasteiger partial charge on any atom is 0.267 e. The molecule has 1 amide bonds. The van der Waals surface area contributed by atoms with E-state index >= 15 is 0 Å². The molecule has 1 aromatic heterocycles. The third kappa shape index (κ3) is 1.84. The smallest absolute Gasteiger partial charge is 0.267 e. The first-order valence-electron chi connectivity index (χ1n) is 6.69. The molecule has 0 atom stereocenters. The van der Waals surface area contributed by atoms with Crippen molar-refractivity contribution in [2.24, 2.45) is 0 Å². The third-order valence-corrected chi connectivity index (χ3v) is 4.00. The molecule has 2 fully saturated rings. The Bertz CT molecular complexity index is 636. The number of anilines is 2. The molecule has 1 spiro atoms. The highest BCUT2D eigenvalue weighted by Crippen LogP contribution is 2.49. The fourth-order valence-corrected chi connectivity index (χ4v) is 2.99. The van der Waals surface area contributed by atoms with E-state index in [1.807, 2.05) is 30.3 Å². The molecule has 2 heterocycles. The zero-order valence-corrected chi connectivity index (χ0v) is 10.8. The third-order valence-electron chi connectivity index (χ3n) is 4.00. The lowest BCUT2D eigenvalue weighted by atomic mass is 9.63. The van der Waals surface area contributed by atoms with Crippen LogP contribution in [0.5, 0.6) is 0 Å². The van der Waals surface area contributed by atoms with Crippen molar-refractivity contribution >= 4 is 17.5 Å². The lowest BCUT2D eigenvalue weighted by molar-refractivity contribution is -0.137. The summed E-state index contributed by atoms with van der Waals surface area (Å²) in [4.78, 5) is 15.4. The summed E-state index contributed by atoms with van der Waals surface area (Å²) in [6, 6.07) is 9.72. The molecule has 20 heavy (non-hydrogen) atoms. The molecule has 0 unspecified atom stereocenters. The van der Waals surface area contributed by atoms with Gasteiger partial charge in [0.05, 0.1) is 5.54 Å². The number of nitrogens with zero attached hydrogens (tertiary/aromatic N) is 2. The minimum Gasteiger partial charge on any atom is -0.350 e. The maximum atomic E-state index is 11.0. The number of carbonyl (C=O) groups excluding carboxylic acids is 1. The molecule has 2 aromatic rings. The van der Waals surface area contributed by atoms with Crippen molar-refractivity contribution in [3.05, 3.63) is 36.2 Å². The van der Waals surface area contributed by atoms with E-state index in [2.05, 4.69) is 20.8 Å². The van der Waals surface area contributed by atoms with Crippen molar-refractivity contribution in [3.8, 4) is 0 Å². The summed E-state index contributed by atoms with van der Waals surface area (Å²) < 4.78 is 5.29. The molecule has 0 radical (unpaired) electrons. The Hall–Kier alpha value is -2.37. The van der Waals surface area contributed by atoms with Crippen molar-refractivity contribution < 1.29 is 9.32 Å². The van der Waals surface area contributed by atoms with E-state index in [0.717, 1.165) is 18.5 Å². The molecule has 102 valence electrons. The number of rotatable bonds is 3. The lowest BCUT2D eigenvalue weighted by Crippen LogP contribution is -2.66. The van der Waals surface area contributed by atoms with Gasteiger partial charge >= 0.3 is 0 Å². The predicted octanol–water partition coefficient (Wildman–Crippen LogP) is 1.95. The van der Waals surface area contributed by atoms with Gasteiger partial charge in [0.2, 0.25) is 11.8 Å². The standard InChI is InChI=1S/C14H14N4O2/c19-11-8-14(17-11)6-9(7-14)12-16-13(18-20-12)15-10-4-2-1-3-5-10/h1-5,9H,6-8H2,(H,15,18)(H,17,19). The zero-order valence-electron chi connectivity index (χ0n) is 10.8. The molecule has 1 saturated carbocycles. The van der Waals surface area contributed by atoms with E-state index in [4.69, 9.17) is 4.52 Å². The number of carbonyl (C=O) groups is 1. The first-order chi connectivity index (χ1) is 9.72. The van der Waals surface area contributed by atoms with Crippen molar-refractivity contribution in [2.75, 3.05) is 5.32 Å². The predicted molar refractivity (Wildman–Crippen MR) is 71.5 cm³/mol. The number of β-lactam (4-membered cyclic amide) rings is 1. The van der Waals surface area contributed by atoms with Crippen LogP contribution in [0.3, 0.4) is 0 Å². The summed E-state index contributed by atoms with van der Waals surface area (Å²) in [6.07, 6.45) is 2.42. The van der Waals surface area contributed by atoms with Gasteiger partial charge in [0.15, 0.2) is 0 Å². The van der Waals surface area contributed by atoms with Crippen LogP contribution >= 0.6 is 0 Å². The van der Waals surface area contributed by atoms with E-state index in [1.165, 1.54) is 0 Å². The molecular formula is C14H14N4O2. The summed E-state index contributed by atoms with van der Waals surface area (Å²) in [7, 11) is 0. The van der Waals surface area contributed by atoms with Gasteiger partial charge in [0.1, 0.15) is 0 Å². The van der Waals surface area contributed by atoms with Gasteiger partial charge in [-0.15, -0.1) is 0 Å². The summed E-state index contributed by atoms with van der Waals surface area (Å²) >= 11 is 0. The van der Waals surface area contributed by atoms with Gasteiger partial charge in [-0.25, -0.2) is 0 Å². The van der Waals surface area contributed by atoms with Crippen LogP contribution in [0.1, 0.15) is 31.1 Å². The largest absolute Gasteiger partial charge is 0.350 e. The first-order valence-corrected chi connectivity index (χ1v) is 6.69. The summed E-state index contributed by atoms with van der Waals surface area (Å²) in [5, 5.41) is 9.99. The fourth-order valence-electron chi connectivity index (χ4n) is 2.99. The quantitative estimate of drug-likeness (QED) is 0.833. The highest BCUT2D eigenvalue weighted by molar-refractivity contribution is 5.85. The number of amides is 1. The Morgan fingerprint density at radius 3 is 2.75 bits per heavy atom.